The molecule has 1 aromatic carbocycles. The van der Waals surface area contributed by atoms with Gasteiger partial charge in [0.2, 0.25) is 5.91 Å². The fraction of sp³-hybridized carbons (Fsp3) is 0.364. The normalized spacial score (nSPS) is 12.1. The van der Waals surface area contributed by atoms with Crippen molar-refractivity contribution in [1.29, 1.82) is 0 Å². The first kappa shape index (κ1) is 11.5. The molecule has 0 aliphatic carbocycles. The quantitative estimate of drug-likeness (QED) is 0.737. The number of primary amides is 1. The predicted octanol–water partition coefficient (Wildman–Crippen LogP) is 0.440. The van der Waals surface area contributed by atoms with E-state index in [1.54, 1.807) is 0 Å². The summed E-state index contributed by atoms with van der Waals surface area (Å²) in [6.45, 7) is 2.57. The van der Waals surface area contributed by atoms with Crippen LogP contribution in [0.4, 0.5) is 0 Å². The molecule has 82 valence electrons. The first-order valence-corrected chi connectivity index (χ1v) is 4.90. The standard InChI is InChI=1S/C11H16N2O2/c1-2-15-9-5-3-8(4-6-9)7-10(12)11(13)14/h3-6,10H,2,7,12H2,1H3,(H2,13,14). The van der Waals surface area contributed by atoms with E-state index in [-0.39, 0.29) is 0 Å². The minimum atomic E-state index is -0.622. The Morgan fingerprint density at radius 2 is 2.00 bits per heavy atom. The summed E-state index contributed by atoms with van der Waals surface area (Å²) < 4.78 is 5.29. The van der Waals surface area contributed by atoms with Gasteiger partial charge in [-0.15, -0.1) is 0 Å². The summed E-state index contributed by atoms with van der Waals surface area (Å²) in [5.74, 6) is 0.331. The van der Waals surface area contributed by atoms with Crippen molar-refractivity contribution >= 4 is 5.91 Å². The minimum Gasteiger partial charge on any atom is -0.494 e. The van der Waals surface area contributed by atoms with E-state index in [4.69, 9.17) is 16.2 Å². The van der Waals surface area contributed by atoms with E-state index in [0.29, 0.717) is 13.0 Å². The average Bonchev–Trinajstić information content (AvgIpc) is 2.21. The maximum atomic E-state index is 10.7. The number of hydrogen-bond donors (Lipinski definition) is 2. The van der Waals surface area contributed by atoms with Gasteiger partial charge in [-0.3, -0.25) is 4.79 Å². The molecule has 1 unspecified atom stereocenters. The highest BCUT2D eigenvalue weighted by Gasteiger charge is 2.09. The van der Waals surface area contributed by atoms with Gasteiger partial charge in [-0.05, 0) is 31.0 Å². The Hall–Kier alpha value is -1.55. The fourth-order valence-corrected chi connectivity index (χ4v) is 1.24. The second-order valence-corrected chi connectivity index (χ2v) is 3.29. The Labute approximate surface area is 89.2 Å². The van der Waals surface area contributed by atoms with Crippen LogP contribution >= 0.6 is 0 Å². The van der Waals surface area contributed by atoms with Crippen LogP contribution in [0.1, 0.15) is 12.5 Å². The molecular weight excluding hydrogens is 192 g/mol. The number of amides is 1. The van der Waals surface area contributed by atoms with Gasteiger partial charge in [0.25, 0.3) is 0 Å². The Morgan fingerprint density at radius 3 is 2.47 bits per heavy atom. The van der Waals surface area contributed by atoms with E-state index in [2.05, 4.69) is 0 Å². The lowest BCUT2D eigenvalue weighted by molar-refractivity contribution is -0.119. The molecule has 1 rings (SSSR count). The number of carbonyl (C=O) groups is 1. The maximum Gasteiger partial charge on any atom is 0.234 e. The molecule has 0 bridgehead atoms. The van der Waals surface area contributed by atoms with Gasteiger partial charge in [-0.1, -0.05) is 12.1 Å². The topological polar surface area (TPSA) is 78.3 Å². The Kier molecular flexibility index (Phi) is 4.12. The minimum absolute atomic E-state index is 0.460. The molecule has 1 atom stereocenters. The molecule has 0 fully saturated rings. The zero-order valence-electron chi connectivity index (χ0n) is 8.77. The van der Waals surface area contributed by atoms with Crippen LogP contribution in [0.5, 0.6) is 5.75 Å². The van der Waals surface area contributed by atoms with Crippen LogP contribution in [-0.2, 0) is 11.2 Å². The van der Waals surface area contributed by atoms with E-state index in [0.717, 1.165) is 11.3 Å². The predicted molar refractivity (Wildman–Crippen MR) is 58.5 cm³/mol. The highest BCUT2D eigenvalue weighted by Crippen LogP contribution is 2.12. The summed E-state index contributed by atoms with van der Waals surface area (Å²) in [5.41, 5.74) is 11.6. The van der Waals surface area contributed by atoms with E-state index in [9.17, 15) is 4.79 Å². The molecule has 0 radical (unpaired) electrons. The van der Waals surface area contributed by atoms with Crippen molar-refractivity contribution in [2.45, 2.75) is 19.4 Å². The van der Waals surface area contributed by atoms with Gasteiger partial charge in [-0.25, -0.2) is 0 Å². The summed E-state index contributed by atoms with van der Waals surface area (Å²) >= 11 is 0. The number of nitrogens with two attached hydrogens (primary N) is 2. The van der Waals surface area contributed by atoms with Gasteiger partial charge in [0.1, 0.15) is 5.75 Å². The van der Waals surface area contributed by atoms with Crippen molar-refractivity contribution < 1.29 is 9.53 Å². The van der Waals surface area contributed by atoms with Crippen molar-refractivity contribution in [3.63, 3.8) is 0 Å². The summed E-state index contributed by atoms with van der Waals surface area (Å²) in [4.78, 5) is 10.7. The third kappa shape index (κ3) is 3.59. The Bertz CT molecular complexity index is 322. The first-order valence-electron chi connectivity index (χ1n) is 4.90. The van der Waals surface area contributed by atoms with Crippen LogP contribution in [0.2, 0.25) is 0 Å². The van der Waals surface area contributed by atoms with Crippen molar-refractivity contribution in [3.8, 4) is 5.75 Å². The first-order chi connectivity index (χ1) is 7.13. The van der Waals surface area contributed by atoms with Crippen LogP contribution in [0.15, 0.2) is 24.3 Å². The fourth-order valence-electron chi connectivity index (χ4n) is 1.24. The smallest absolute Gasteiger partial charge is 0.234 e. The van der Waals surface area contributed by atoms with Gasteiger partial charge in [-0.2, -0.15) is 0 Å². The van der Waals surface area contributed by atoms with Crippen LogP contribution in [0, 0.1) is 0 Å². The van der Waals surface area contributed by atoms with Crippen LogP contribution in [-0.4, -0.2) is 18.6 Å². The molecule has 0 aliphatic rings. The second kappa shape index (κ2) is 5.36. The van der Waals surface area contributed by atoms with Crippen LogP contribution in [0.25, 0.3) is 0 Å². The molecule has 0 aliphatic heterocycles. The summed E-state index contributed by atoms with van der Waals surface area (Å²) in [7, 11) is 0. The zero-order valence-corrected chi connectivity index (χ0v) is 8.77. The van der Waals surface area contributed by atoms with E-state index >= 15 is 0 Å². The SMILES string of the molecule is CCOc1ccc(CC(N)C(N)=O)cc1. The lowest BCUT2D eigenvalue weighted by Crippen LogP contribution is -2.38. The summed E-state index contributed by atoms with van der Waals surface area (Å²) in [6.07, 6.45) is 0.460. The molecule has 0 saturated heterocycles. The maximum absolute atomic E-state index is 10.7. The van der Waals surface area contributed by atoms with Gasteiger partial charge in [0.15, 0.2) is 0 Å². The molecule has 4 heteroatoms. The number of hydrogen-bond acceptors (Lipinski definition) is 3. The molecule has 15 heavy (non-hydrogen) atoms. The highest BCUT2D eigenvalue weighted by molar-refractivity contribution is 5.79. The van der Waals surface area contributed by atoms with Gasteiger partial charge < -0.3 is 16.2 Å². The van der Waals surface area contributed by atoms with Gasteiger partial charge in [0.05, 0.1) is 12.6 Å². The van der Waals surface area contributed by atoms with Crippen LogP contribution < -0.4 is 16.2 Å². The Balaban J connectivity index is 2.60. The van der Waals surface area contributed by atoms with Gasteiger partial charge in [0, 0.05) is 0 Å². The lowest BCUT2D eigenvalue weighted by atomic mass is 10.1. The zero-order chi connectivity index (χ0) is 11.3. The summed E-state index contributed by atoms with van der Waals surface area (Å²) in [5, 5.41) is 0. The molecule has 0 aromatic heterocycles. The average molecular weight is 208 g/mol. The van der Waals surface area contributed by atoms with Crippen molar-refractivity contribution in [2.75, 3.05) is 6.61 Å². The van der Waals surface area contributed by atoms with Crippen molar-refractivity contribution in [1.82, 2.24) is 0 Å². The number of rotatable bonds is 5. The summed E-state index contributed by atoms with van der Waals surface area (Å²) in [6, 6.07) is 6.85. The van der Waals surface area contributed by atoms with E-state index < -0.39 is 11.9 Å². The molecule has 1 aromatic rings. The van der Waals surface area contributed by atoms with Crippen LogP contribution in [0.3, 0.4) is 0 Å². The van der Waals surface area contributed by atoms with Crippen molar-refractivity contribution in [2.24, 2.45) is 11.5 Å². The second-order valence-electron chi connectivity index (χ2n) is 3.29. The number of ether oxygens (including phenoxy) is 1. The third-order valence-corrected chi connectivity index (χ3v) is 2.06. The molecule has 4 N–H and O–H groups in total. The van der Waals surface area contributed by atoms with E-state index in [1.165, 1.54) is 0 Å². The Morgan fingerprint density at radius 1 is 1.40 bits per heavy atom. The molecular formula is C11H16N2O2. The lowest BCUT2D eigenvalue weighted by Gasteiger charge is -2.08. The molecule has 0 saturated carbocycles. The van der Waals surface area contributed by atoms with Crippen molar-refractivity contribution in [3.05, 3.63) is 29.8 Å². The van der Waals surface area contributed by atoms with Gasteiger partial charge >= 0.3 is 0 Å². The van der Waals surface area contributed by atoms with E-state index in [1.807, 2.05) is 31.2 Å². The molecule has 0 spiro atoms. The third-order valence-electron chi connectivity index (χ3n) is 2.06. The highest BCUT2D eigenvalue weighted by atomic mass is 16.5. The molecule has 4 nitrogen and oxygen atoms in total. The monoisotopic (exact) mass is 208 g/mol. The number of carbonyl (C=O) groups excluding carboxylic acids is 1. The molecule has 1 amide bonds. The number of benzene rings is 1. The molecule has 0 heterocycles. The largest absolute Gasteiger partial charge is 0.494 e.